The summed E-state index contributed by atoms with van der Waals surface area (Å²) in [6.07, 6.45) is 25.4. The van der Waals surface area contributed by atoms with E-state index in [1.165, 1.54) is 70.6 Å². The molecular formula is C30H51. The Morgan fingerprint density at radius 2 is 1.30 bits per heavy atom. The number of unbranched alkanes of at least 4 members (excludes halogenated alkanes) is 5. The molecule has 0 aliphatic carbocycles. The molecule has 0 aromatic heterocycles. The van der Waals surface area contributed by atoms with E-state index in [-0.39, 0.29) is 0 Å². The standard InChI is InChI=1S/C30H51/c1-8-15-18-24-27(21-12-5)29(25-19-16-9-2)30(22-13-6)28(14-7)26(20-11-4)23-17-10-3/h11-14,26,28H,4-10,15-25H2,1-3H3. The average molecular weight is 412 g/mol. The predicted molar refractivity (Wildman–Crippen MR) is 140 cm³/mol. The molecule has 1 radical (unpaired) electrons. The molecule has 0 fully saturated rings. The van der Waals surface area contributed by atoms with E-state index in [0.29, 0.717) is 11.8 Å². The molecule has 2 unspecified atom stereocenters. The molecule has 0 saturated heterocycles. The first kappa shape index (κ1) is 28.7. The normalized spacial score (nSPS) is 14.1. The molecule has 0 spiro atoms. The van der Waals surface area contributed by atoms with Crippen LogP contribution in [0.5, 0.6) is 0 Å². The van der Waals surface area contributed by atoms with Gasteiger partial charge in [-0.1, -0.05) is 101 Å². The van der Waals surface area contributed by atoms with Crippen molar-refractivity contribution in [3.05, 3.63) is 67.7 Å². The lowest BCUT2D eigenvalue weighted by Crippen LogP contribution is -2.18. The summed E-state index contributed by atoms with van der Waals surface area (Å²) in [4.78, 5) is 0. The quantitative estimate of drug-likeness (QED) is 0.130. The van der Waals surface area contributed by atoms with Crippen molar-refractivity contribution in [2.24, 2.45) is 11.8 Å². The molecule has 171 valence electrons. The van der Waals surface area contributed by atoms with Crippen LogP contribution < -0.4 is 0 Å². The zero-order chi connectivity index (χ0) is 22.6. The highest BCUT2D eigenvalue weighted by Gasteiger charge is 2.26. The van der Waals surface area contributed by atoms with Crippen molar-refractivity contribution in [1.82, 2.24) is 0 Å². The van der Waals surface area contributed by atoms with Gasteiger partial charge in [-0.05, 0) is 50.9 Å². The highest BCUT2D eigenvalue weighted by atomic mass is 14.3. The van der Waals surface area contributed by atoms with Crippen LogP contribution in [0.3, 0.4) is 0 Å². The van der Waals surface area contributed by atoms with Gasteiger partial charge in [0.25, 0.3) is 0 Å². The summed E-state index contributed by atoms with van der Waals surface area (Å²) in [5.74, 6) is 2.62. The van der Waals surface area contributed by atoms with E-state index in [9.17, 15) is 0 Å². The lowest BCUT2D eigenvalue weighted by molar-refractivity contribution is 0.391. The van der Waals surface area contributed by atoms with Crippen LogP contribution in [0, 0.1) is 17.8 Å². The van der Waals surface area contributed by atoms with Gasteiger partial charge in [0.05, 0.1) is 0 Å². The first-order valence-electron chi connectivity index (χ1n) is 12.7. The van der Waals surface area contributed by atoms with Crippen LogP contribution in [-0.4, -0.2) is 0 Å². The Morgan fingerprint density at radius 1 is 0.700 bits per heavy atom. The molecule has 30 heavy (non-hydrogen) atoms. The fourth-order valence-electron chi connectivity index (χ4n) is 4.61. The molecule has 0 aliphatic rings. The van der Waals surface area contributed by atoms with Crippen molar-refractivity contribution >= 4 is 0 Å². The Hall–Kier alpha value is -1.30. The van der Waals surface area contributed by atoms with Gasteiger partial charge in [0.2, 0.25) is 0 Å². The first-order chi connectivity index (χ1) is 14.6. The Bertz CT molecular complexity index is 492. The van der Waals surface area contributed by atoms with E-state index in [4.69, 9.17) is 0 Å². The number of rotatable bonds is 21. The summed E-state index contributed by atoms with van der Waals surface area (Å²) < 4.78 is 0. The molecule has 0 N–H and O–H groups in total. The highest BCUT2D eigenvalue weighted by molar-refractivity contribution is 5.36. The second-order valence-corrected chi connectivity index (χ2v) is 8.70. The van der Waals surface area contributed by atoms with Crippen molar-refractivity contribution in [3.8, 4) is 0 Å². The van der Waals surface area contributed by atoms with Gasteiger partial charge in [0.15, 0.2) is 0 Å². The van der Waals surface area contributed by atoms with E-state index >= 15 is 0 Å². The van der Waals surface area contributed by atoms with Crippen molar-refractivity contribution in [1.29, 1.82) is 0 Å². The maximum Gasteiger partial charge on any atom is 0.00458 e. The van der Waals surface area contributed by atoms with Crippen LogP contribution in [0.2, 0.25) is 0 Å². The Labute approximate surface area is 190 Å². The van der Waals surface area contributed by atoms with Crippen molar-refractivity contribution in [2.75, 3.05) is 0 Å². The van der Waals surface area contributed by atoms with Gasteiger partial charge >= 0.3 is 0 Å². The van der Waals surface area contributed by atoms with Gasteiger partial charge in [0, 0.05) is 11.8 Å². The number of hydrogen-bond donors (Lipinski definition) is 0. The van der Waals surface area contributed by atoms with Crippen LogP contribution in [0.4, 0.5) is 0 Å². The third kappa shape index (κ3) is 11.2. The smallest absolute Gasteiger partial charge is 0.00458 e. The predicted octanol–water partition coefficient (Wildman–Crippen LogP) is 10.4. The largest absolute Gasteiger partial charge is 0.103 e. The molecule has 0 heterocycles. The lowest BCUT2D eigenvalue weighted by Gasteiger charge is -2.31. The van der Waals surface area contributed by atoms with E-state index in [1.807, 2.05) is 0 Å². The molecule has 0 aliphatic heterocycles. The molecule has 0 heteroatoms. The maximum atomic E-state index is 4.30. The van der Waals surface area contributed by atoms with E-state index in [1.54, 1.807) is 17.1 Å². The lowest BCUT2D eigenvalue weighted by atomic mass is 9.73. The minimum absolute atomic E-state index is 0.412. The molecule has 0 aromatic rings. The summed E-state index contributed by atoms with van der Waals surface area (Å²) in [5.41, 5.74) is 3.20. The van der Waals surface area contributed by atoms with Crippen molar-refractivity contribution in [2.45, 2.75) is 111 Å². The fraction of sp³-hybridized carbons (Fsp3) is 0.633. The third-order valence-electron chi connectivity index (χ3n) is 6.24. The molecule has 0 nitrogen and oxygen atoms in total. The molecular weight excluding hydrogens is 360 g/mol. The van der Waals surface area contributed by atoms with Crippen molar-refractivity contribution in [3.63, 3.8) is 0 Å². The van der Waals surface area contributed by atoms with E-state index in [0.717, 1.165) is 19.3 Å². The molecule has 0 aromatic carbocycles. The second-order valence-electron chi connectivity index (χ2n) is 8.70. The minimum Gasteiger partial charge on any atom is -0.103 e. The molecule has 0 bridgehead atoms. The zero-order valence-corrected chi connectivity index (χ0v) is 20.7. The molecule has 0 rings (SSSR count). The number of allylic oxidation sites excluding steroid dienone is 6. The molecule has 0 saturated carbocycles. The monoisotopic (exact) mass is 411 g/mol. The number of hydrogen-bond acceptors (Lipinski definition) is 0. The van der Waals surface area contributed by atoms with Gasteiger partial charge in [0.1, 0.15) is 0 Å². The highest BCUT2D eigenvalue weighted by Crippen LogP contribution is 2.40. The van der Waals surface area contributed by atoms with Gasteiger partial charge in [-0.3, -0.25) is 0 Å². The summed E-state index contributed by atoms with van der Waals surface area (Å²) in [6.45, 7) is 23.4. The average Bonchev–Trinajstić information content (AvgIpc) is 2.75. The van der Waals surface area contributed by atoms with Gasteiger partial charge in [-0.25, -0.2) is 0 Å². The second kappa shape index (κ2) is 19.7. The molecule has 0 amide bonds. The van der Waals surface area contributed by atoms with Gasteiger partial charge in [-0.2, -0.15) is 0 Å². The van der Waals surface area contributed by atoms with Crippen molar-refractivity contribution < 1.29 is 0 Å². The summed E-state index contributed by atoms with van der Waals surface area (Å²) in [5, 5.41) is 0. The summed E-state index contributed by atoms with van der Waals surface area (Å²) >= 11 is 0. The van der Waals surface area contributed by atoms with E-state index in [2.05, 4.69) is 71.4 Å². The zero-order valence-electron chi connectivity index (χ0n) is 20.7. The van der Waals surface area contributed by atoms with Gasteiger partial charge < -0.3 is 0 Å². The van der Waals surface area contributed by atoms with Crippen LogP contribution in [-0.2, 0) is 0 Å². The first-order valence-corrected chi connectivity index (χ1v) is 12.7. The van der Waals surface area contributed by atoms with Crippen LogP contribution in [0.1, 0.15) is 111 Å². The Balaban J connectivity index is 6.21. The van der Waals surface area contributed by atoms with Gasteiger partial charge in [-0.15, -0.1) is 26.3 Å². The van der Waals surface area contributed by atoms with Crippen LogP contribution in [0.15, 0.2) is 61.8 Å². The summed E-state index contributed by atoms with van der Waals surface area (Å²) in [7, 11) is 0. The topological polar surface area (TPSA) is 0 Å². The Kier molecular flexibility index (Phi) is 18.8. The minimum atomic E-state index is 0.412. The third-order valence-corrected chi connectivity index (χ3v) is 6.24. The SMILES string of the molecule is C=CC[C](CCCCC)C(CCCCC)=C(CC=C)C(C=C)C(CC=C)CCCC. The maximum absolute atomic E-state index is 4.30. The fourth-order valence-corrected chi connectivity index (χ4v) is 4.61. The summed E-state index contributed by atoms with van der Waals surface area (Å²) in [6, 6.07) is 0. The van der Waals surface area contributed by atoms with Crippen LogP contribution in [0.25, 0.3) is 0 Å². The van der Waals surface area contributed by atoms with E-state index < -0.39 is 0 Å². The molecule has 2 atom stereocenters. The Morgan fingerprint density at radius 3 is 1.80 bits per heavy atom. The van der Waals surface area contributed by atoms with Crippen LogP contribution >= 0.6 is 0 Å².